The number of imidazole rings is 1. The van der Waals surface area contributed by atoms with Crippen LogP contribution in [0.15, 0.2) is 24.9 Å². The summed E-state index contributed by atoms with van der Waals surface area (Å²) in [4.78, 5) is 4.18. The van der Waals surface area contributed by atoms with Gasteiger partial charge in [0.2, 0.25) is 0 Å². The average Bonchev–Trinajstić information content (AvgIpc) is 2.81. The second-order valence-corrected chi connectivity index (χ2v) is 3.86. The third-order valence-corrected chi connectivity index (χ3v) is 2.66. The van der Waals surface area contributed by atoms with Crippen molar-refractivity contribution in [2.24, 2.45) is 0 Å². The van der Waals surface area contributed by atoms with Crippen LogP contribution in [0.4, 0.5) is 5.69 Å². The largest absolute Gasteiger partial charge is 0.377 e. The molecule has 0 atom stereocenters. The molecule has 0 spiro atoms. The van der Waals surface area contributed by atoms with Crippen LogP contribution in [0.25, 0.3) is 0 Å². The van der Waals surface area contributed by atoms with Crippen molar-refractivity contribution < 1.29 is 0 Å². The molecule has 5 nitrogen and oxygen atoms in total. The van der Waals surface area contributed by atoms with Crippen molar-refractivity contribution in [2.45, 2.75) is 25.4 Å². The lowest BCUT2D eigenvalue weighted by Crippen LogP contribution is -2.05. The van der Waals surface area contributed by atoms with E-state index in [0.717, 1.165) is 12.2 Å². The zero-order valence-electron chi connectivity index (χ0n) is 8.35. The van der Waals surface area contributed by atoms with Crippen molar-refractivity contribution >= 4 is 5.69 Å². The number of H-pyrrole nitrogens is 1. The number of nitrogens with zero attached hydrogens (tertiary/aromatic N) is 3. The molecule has 0 bridgehead atoms. The first-order valence-electron chi connectivity index (χ1n) is 5.17. The van der Waals surface area contributed by atoms with E-state index in [-0.39, 0.29) is 0 Å². The first kappa shape index (κ1) is 8.52. The van der Waals surface area contributed by atoms with Crippen molar-refractivity contribution in [3.8, 4) is 0 Å². The predicted octanol–water partition coefficient (Wildman–Crippen LogP) is 1.55. The molecule has 0 saturated heterocycles. The number of anilines is 1. The number of hydrogen-bond donors (Lipinski definition) is 2. The third kappa shape index (κ3) is 1.72. The number of hydrogen-bond acceptors (Lipinski definition) is 3. The van der Waals surface area contributed by atoms with Gasteiger partial charge in [0.15, 0.2) is 0 Å². The highest BCUT2D eigenvalue weighted by Crippen LogP contribution is 2.35. The van der Waals surface area contributed by atoms with Crippen LogP contribution in [-0.2, 0) is 6.54 Å². The Hall–Kier alpha value is -1.78. The molecule has 3 rings (SSSR count). The SMILES string of the molecule is c1n[nH]cc1NCc1cncn1C1CC1. The molecule has 0 radical (unpaired) electrons. The van der Waals surface area contributed by atoms with Crippen molar-refractivity contribution in [1.29, 1.82) is 0 Å². The summed E-state index contributed by atoms with van der Waals surface area (Å²) in [6.45, 7) is 0.802. The Morgan fingerprint density at radius 3 is 3.13 bits per heavy atom. The number of aromatic nitrogens is 4. The molecule has 1 aliphatic rings. The summed E-state index contributed by atoms with van der Waals surface area (Å²) >= 11 is 0. The Morgan fingerprint density at radius 2 is 2.40 bits per heavy atom. The zero-order chi connectivity index (χ0) is 10.1. The molecule has 0 aliphatic heterocycles. The Bertz CT molecular complexity index is 426. The summed E-state index contributed by atoms with van der Waals surface area (Å²) in [5.41, 5.74) is 2.25. The van der Waals surface area contributed by atoms with E-state index in [0.29, 0.717) is 6.04 Å². The van der Waals surface area contributed by atoms with E-state index in [1.807, 2.05) is 18.7 Å². The second kappa shape index (κ2) is 3.42. The van der Waals surface area contributed by atoms with Crippen LogP contribution < -0.4 is 5.32 Å². The van der Waals surface area contributed by atoms with Gasteiger partial charge in [0.1, 0.15) is 0 Å². The fourth-order valence-corrected chi connectivity index (χ4v) is 1.69. The topological polar surface area (TPSA) is 58.5 Å². The van der Waals surface area contributed by atoms with Gasteiger partial charge in [-0.05, 0) is 12.8 Å². The van der Waals surface area contributed by atoms with Crippen LogP contribution >= 0.6 is 0 Å². The van der Waals surface area contributed by atoms with E-state index >= 15 is 0 Å². The maximum absolute atomic E-state index is 4.18. The molecule has 0 aromatic carbocycles. The molecule has 1 saturated carbocycles. The van der Waals surface area contributed by atoms with Gasteiger partial charge in [0.05, 0.1) is 30.5 Å². The van der Waals surface area contributed by atoms with Crippen molar-refractivity contribution in [3.63, 3.8) is 0 Å². The summed E-state index contributed by atoms with van der Waals surface area (Å²) in [5, 5.41) is 9.95. The Morgan fingerprint density at radius 1 is 1.47 bits per heavy atom. The Kier molecular flexibility index (Phi) is 1.94. The number of rotatable bonds is 4. The van der Waals surface area contributed by atoms with Crippen LogP contribution in [0, 0.1) is 0 Å². The smallest absolute Gasteiger partial charge is 0.0951 e. The molecular weight excluding hydrogens is 190 g/mol. The Balaban J connectivity index is 1.68. The Labute approximate surface area is 87.5 Å². The molecule has 78 valence electrons. The standard InChI is InChI=1S/C10H13N5/c1-2-9(1)15-7-11-5-10(15)6-12-8-3-13-14-4-8/h3-5,7,9,12H,1-2,6H2,(H,13,14). The van der Waals surface area contributed by atoms with Gasteiger partial charge >= 0.3 is 0 Å². The van der Waals surface area contributed by atoms with Crippen LogP contribution in [0.1, 0.15) is 24.6 Å². The van der Waals surface area contributed by atoms with Crippen molar-refractivity contribution in [2.75, 3.05) is 5.32 Å². The van der Waals surface area contributed by atoms with Gasteiger partial charge in [-0.25, -0.2) is 4.98 Å². The maximum atomic E-state index is 4.18. The van der Waals surface area contributed by atoms with Gasteiger partial charge in [0, 0.05) is 18.4 Å². The van der Waals surface area contributed by atoms with Gasteiger partial charge < -0.3 is 9.88 Å². The normalized spacial score (nSPS) is 15.5. The van der Waals surface area contributed by atoms with E-state index in [1.54, 1.807) is 6.20 Å². The zero-order valence-corrected chi connectivity index (χ0v) is 8.35. The van der Waals surface area contributed by atoms with Crippen molar-refractivity contribution in [1.82, 2.24) is 19.7 Å². The molecular formula is C10H13N5. The van der Waals surface area contributed by atoms with E-state index in [4.69, 9.17) is 0 Å². The average molecular weight is 203 g/mol. The van der Waals surface area contributed by atoms with Crippen LogP contribution in [0.2, 0.25) is 0 Å². The molecule has 2 aromatic heterocycles. The molecule has 0 unspecified atom stereocenters. The lowest BCUT2D eigenvalue weighted by Gasteiger charge is -2.07. The summed E-state index contributed by atoms with van der Waals surface area (Å²) in [6, 6.07) is 0.689. The molecule has 1 aliphatic carbocycles. The van der Waals surface area contributed by atoms with E-state index in [1.165, 1.54) is 18.5 Å². The minimum Gasteiger partial charge on any atom is -0.377 e. The highest BCUT2D eigenvalue weighted by Gasteiger charge is 2.24. The van der Waals surface area contributed by atoms with E-state index < -0.39 is 0 Å². The van der Waals surface area contributed by atoms with E-state index in [2.05, 4.69) is 25.1 Å². The van der Waals surface area contributed by atoms with Gasteiger partial charge in [-0.15, -0.1) is 0 Å². The first-order chi connectivity index (χ1) is 7.43. The highest BCUT2D eigenvalue weighted by atomic mass is 15.1. The highest BCUT2D eigenvalue weighted by molar-refractivity contribution is 5.37. The number of nitrogens with one attached hydrogen (secondary N) is 2. The van der Waals surface area contributed by atoms with Gasteiger partial charge in [-0.3, -0.25) is 5.10 Å². The lowest BCUT2D eigenvalue weighted by molar-refractivity contribution is 0.701. The van der Waals surface area contributed by atoms with Gasteiger partial charge in [-0.1, -0.05) is 0 Å². The van der Waals surface area contributed by atoms with Crippen LogP contribution in [0.5, 0.6) is 0 Å². The summed E-state index contributed by atoms with van der Waals surface area (Å²) < 4.78 is 2.26. The summed E-state index contributed by atoms with van der Waals surface area (Å²) in [5.74, 6) is 0. The van der Waals surface area contributed by atoms with E-state index in [9.17, 15) is 0 Å². The minimum absolute atomic E-state index is 0.689. The molecule has 5 heteroatoms. The minimum atomic E-state index is 0.689. The maximum Gasteiger partial charge on any atom is 0.0951 e. The molecule has 2 aromatic rings. The first-order valence-corrected chi connectivity index (χ1v) is 5.17. The molecule has 2 heterocycles. The molecule has 1 fully saturated rings. The lowest BCUT2D eigenvalue weighted by atomic mass is 10.4. The van der Waals surface area contributed by atoms with Gasteiger partial charge in [0.25, 0.3) is 0 Å². The molecule has 15 heavy (non-hydrogen) atoms. The van der Waals surface area contributed by atoms with Crippen LogP contribution in [0.3, 0.4) is 0 Å². The number of aromatic amines is 1. The summed E-state index contributed by atoms with van der Waals surface area (Å²) in [7, 11) is 0. The van der Waals surface area contributed by atoms with Crippen LogP contribution in [-0.4, -0.2) is 19.7 Å². The second-order valence-electron chi connectivity index (χ2n) is 3.86. The van der Waals surface area contributed by atoms with Crippen molar-refractivity contribution in [3.05, 3.63) is 30.6 Å². The quantitative estimate of drug-likeness (QED) is 0.792. The fourth-order valence-electron chi connectivity index (χ4n) is 1.69. The summed E-state index contributed by atoms with van der Waals surface area (Å²) in [6.07, 6.45) is 10.0. The predicted molar refractivity (Wildman–Crippen MR) is 56.4 cm³/mol. The molecule has 0 amide bonds. The third-order valence-electron chi connectivity index (χ3n) is 2.66. The monoisotopic (exact) mass is 203 g/mol. The molecule has 2 N–H and O–H groups in total. The van der Waals surface area contributed by atoms with Gasteiger partial charge in [-0.2, -0.15) is 5.10 Å². The fraction of sp³-hybridized carbons (Fsp3) is 0.400.